The Morgan fingerprint density at radius 2 is 0.577 bits per heavy atom. The van der Waals surface area contributed by atoms with Gasteiger partial charge in [0.15, 0.2) is 0 Å². The normalized spacial score (nSPS) is 13.2. The lowest BCUT2D eigenvalue weighted by Gasteiger charge is -2.21. The van der Waals surface area contributed by atoms with Gasteiger partial charge in [0.05, 0.1) is 111 Å². The van der Waals surface area contributed by atoms with Gasteiger partial charge in [0.2, 0.25) is 0 Å². The second-order valence-electron chi connectivity index (χ2n) is 30.8. The van der Waals surface area contributed by atoms with Gasteiger partial charge in [-0.15, -0.1) is 0 Å². The molecule has 0 bridgehead atoms. The molecule has 6 heterocycles. The van der Waals surface area contributed by atoms with Crippen LogP contribution in [-0.2, 0) is 41.3 Å². The fourth-order valence-electron chi connectivity index (χ4n) is 16.8. The second kappa shape index (κ2) is 38.8. The maximum atomic E-state index is 12.4. The average molecular weight is 1970 g/mol. The number of ether oxygens (including phenoxy) is 9. The third-order valence-corrected chi connectivity index (χ3v) is 27.6. The first kappa shape index (κ1) is 92.4. The Balaban J connectivity index is 0.000000110. The molecule has 0 aliphatic carbocycles. The number of halogens is 6. The van der Waals surface area contributed by atoms with Gasteiger partial charge in [-0.25, -0.2) is 57.5 Å². The highest BCUT2D eigenvalue weighted by atomic mass is 35.5. The highest BCUT2D eigenvalue weighted by molar-refractivity contribution is 7.99. The lowest BCUT2D eigenvalue weighted by molar-refractivity contribution is 0.0372. The summed E-state index contributed by atoms with van der Waals surface area (Å²) in [5, 5.41) is 7.23. The Bertz CT molecular complexity index is 7760. The number of esters is 12. The molecule has 0 saturated heterocycles. The molecule has 0 spiro atoms. The summed E-state index contributed by atoms with van der Waals surface area (Å²) in [7, 11) is 3.02. The summed E-state index contributed by atoms with van der Waals surface area (Å²) in [4.78, 5) is 148. The van der Waals surface area contributed by atoms with Gasteiger partial charge in [0.1, 0.15) is 23.0 Å². The Morgan fingerprint density at radius 3 is 1.00 bits per heavy atom. The largest absolute Gasteiger partial charge is 0.497 e. The van der Waals surface area contributed by atoms with Crippen LogP contribution in [0.4, 0.5) is 0 Å². The third kappa shape index (κ3) is 17.6. The summed E-state index contributed by atoms with van der Waals surface area (Å²) in [5.74, 6) is -5.55. The summed E-state index contributed by atoms with van der Waals surface area (Å²) in [6.45, 7) is 4.15. The highest BCUT2D eigenvalue weighted by Gasteiger charge is 2.40. The molecule has 0 N–H and O–H groups in total. The standard InChI is InChI=1S/C24H14O3S2.C24H14O3.C18H10O4.C16H14O3.C14H10O5.C12Cl6O3/c25-23-20-13-18(28-16-7-3-1-4-8-16)11-15-12-19(29-17-9-5-2-6-10-17)14-21(22(15)20)24(26)27-23;25-23-19-13-11-17(15-7-3-1-4-8-15)21-18(16-9-5-2-6-10-16)12-14-20(22(19)21)24(26)27-23;19-17-14-10-9-12-13(16(14)18(20)22-17)7-4-8-15(12)21-11-5-2-1-3-6-11;1-3-9-5-7-11-14-12(16(18)19-15(11)17)8-6-10(4-2)13(9)14;1-17-8-3-7-4-9(18-2)6-11-12(7)10(5-8)13(15)19-14(11)16;13-5-2-1-3(7(15)9(5)17)11(19)21-12(20)4(1)8(16)10(18)6(2)14/h1-14H;1-14H;1-10H;5-8H,3-4H2,1-2H3;3-6H,1-2H3;. The second-order valence-corrected chi connectivity index (χ2v) is 35.4. The van der Waals surface area contributed by atoms with Gasteiger partial charge in [-0.2, -0.15) is 0 Å². The lowest BCUT2D eigenvalue weighted by Crippen LogP contribution is -2.21. The van der Waals surface area contributed by atoms with Crippen molar-refractivity contribution in [3.8, 4) is 45.3 Å². The van der Waals surface area contributed by atoms with Crippen LogP contribution in [0.25, 0.3) is 86.9 Å². The number of hydrogen-bond donors (Lipinski definition) is 0. The lowest BCUT2D eigenvalue weighted by atomic mass is 9.86. The number of aryl methyl sites for hydroxylation is 2. The van der Waals surface area contributed by atoms with Gasteiger partial charge in [0.25, 0.3) is 0 Å². The minimum atomic E-state index is -0.962. The van der Waals surface area contributed by atoms with E-state index >= 15 is 0 Å². The van der Waals surface area contributed by atoms with Crippen molar-refractivity contribution in [1.82, 2.24) is 0 Å². The number of rotatable bonds is 12. The fourth-order valence-corrected chi connectivity index (χ4v) is 20.3. The van der Waals surface area contributed by atoms with E-state index in [0.29, 0.717) is 106 Å². The molecule has 0 aromatic heterocycles. The number of carbonyl (C=O) groups is 12. The molecule has 23 rings (SSSR count). The van der Waals surface area contributed by atoms with Gasteiger partial charge < -0.3 is 42.6 Å². The average Bonchev–Trinajstić information content (AvgIpc) is 0.899. The molecule has 0 radical (unpaired) electrons. The predicted molar refractivity (Wildman–Crippen MR) is 523 cm³/mol. The van der Waals surface area contributed by atoms with Crippen molar-refractivity contribution < 1.29 is 100 Å². The molecule has 17 aromatic rings. The topological polar surface area (TPSA) is 288 Å². The van der Waals surface area contributed by atoms with Crippen molar-refractivity contribution in [2.75, 3.05) is 14.2 Å². The van der Waals surface area contributed by atoms with Crippen molar-refractivity contribution in [2.24, 2.45) is 0 Å². The third-order valence-electron chi connectivity index (χ3n) is 22.9. The van der Waals surface area contributed by atoms with Crippen molar-refractivity contribution in [1.29, 1.82) is 0 Å². The van der Waals surface area contributed by atoms with Crippen LogP contribution in [0.2, 0.25) is 30.1 Å². The first-order valence-electron chi connectivity index (χ1n) is 41.8. The zero-order valence-electron chi connectivity index (χ0n) is 71.6. The van der Waals surface area contributed by atoms with Gasteiger partial charge in [0, 0.05) is 62.7 Å². The van der Waals surface area contributed by atoms with E-state index in [4.69, 9.17) is 103 Å². The number of benzene rings is 17. The van der Waals surface area contributed by atoms with Gasteiger partial charge in [-0.3, -0.25) is 0 Å². The number of fused-ring (bicyclic) bond motifs is 3. The van der Waals surface area contributed by atoms with E-state index in [0.717, 1.165) is 81.6 Å². The van der Waals surface area contributed by atoms with Crippen LogP contribution < -0.4 is 14.2 Å². The SMILES string of the molecule is CCc1ccc2c3c(ccc(CC)c13)C(=O)OC2=O.COc1cc2c3c(cc(OC)cc3c1)C(=O)OC2=O.O=C1OC(=O)c2c(Cl)c(Cl)c(Cl)c3c(Cl)c(Cl)c(Cl)c1c23.O=C1OC(=O)c2c1ccc1c(Oc3ccccc3)cccc21.O=C1OC(=O)c2cc(Sc3ccccc3)cc3cc(Sc4ccccc4)cc1c23.O=C1OC(=O)c2ccc(-c3ccccc3)c3c(-c4ccccc4)ccc1c23. The van der Waals surface area contributed by atoms with Crippen LogP contribution in [0.3, 0.4) is 0 Å². The molecule has 0 atom stereocenters. The molecule has 0 fully saturated rings. The van der Waals surface area contributed by atoms with Crippen LogP contribution >= 0.6 is 93.1 Å². The number of cyclic esters (lactones) is 12. The molecular formula is C108H62Cl6O21S2. The molecule has 0 unspecified atom stereocenters. The molecule has 6 aliphatic rings. The van der Waals surface area contributed by atoms with Crippen LogP contribution in [-0.4, -0.2) is 85.9 Å². The zero-order chi connectivity index (χ0) is 96.1. The summed E-state index contributed by atoms with van der Waals surface area (Å²) in [5.41, 5.74) is 10.1. The molecule has 0 saturated carbocycles. The minimum Gasteiger partial charge on any atom is -0.497 e. The number of hydrogen-bond acceptors (Lipinski definition) is 23. The van der Waals surface area contributed by atoms with E-state index in [1.54, 1.807) is 96.3 Å². The Labute approximate surface area is 816 Å². The summed E-state index contributed by atoms with van der Waals surface area (Å²) in [6.07, 6.45) is 1.74. The Morgan fingerprint density at radius 1 is 0.241 bits per heavy atom. The predicted octanol–water partition coefficient (Wildman–Crippen LogP) is 27.4. The highest BCUT2D eigenvalue weighted by Crippen LogP contribution is 2.52. The maximum Gasteiger partial charge on any atom is 0.348 e. The van der Waals surface area contributed by atoms with Crippen molar-refractivity contribution >= 4 is 229 Å². The molecule has 137 heavy (non-hydrogen) atoms. The molecule has 0 amide bonds. The van der Waals surface area contributed by atoms with Gasteiger partial charge in [-0.1, -0.05) is 259 Å². The van der Waals surface area contributed by atoms with Crippen LogP contribution in [0, 0.1) is 0 Å². The minimum absolute atomic E-state index is 0.0345. The van der Waals surface area contributed by atoms with Crippen molar-refractivity contribution in [2.45, 2.75) is 46.3 Å². The summed E-state index contributed by atoms with van der Waals surface area (Å²) < 4.78 is 44.9. The van der Waals surface area contributed by atoms with E-state index in [2.05, 4.69) is 23.3 Å². The molecular weight excluding hydrogens is 1910 g/mol. The van der Waals surface area contributed by atoms with Crippen molar-refractivity contribution in [3.63, 3.8) is 0 Å². The zero-order valence-corrected chi connectivity index (χ0v) is 77.8. The fraction of sp³-hybridized carbons (Fsp3) is 0.0556. The quantitative estimate of drug-likeness (QED) is 0.0475. The Hall–Kier alpha value is -15.0. The molecule has 21 nitrogen and oxygen atoms in total. The van der Waals surface area contributed by atoms with Crippen LogP contribution in [0.1, 0.15) is 149 Å². The smallest absolute Gasteiger partial charge is 0.348 e. The summed E-state index contributed by atoms with van der Waals surface area (Å²) in [6, 6.07) is 87.1. The van der Waals surface area contributed by atoms with E-state index in [1.165, 1.54) is 25.3 Å². The maximum absolute atomic E-state index is 12.4. The number of para-hydroxylation sites is 1. The van der Waals surface area contributed by atoms with E-state index in [9.17, 15) is 57.5 Å². The summed E-state index contributed by atoms with van der Waals surface area (Å²) >= 11 is 39.4. The van der Waals surface area contributed by atoms with E-state index in [-0.39, 0.29) is 52.0 Å². The van der Waals surface area contributed by atoms with E-state index < -0.39 is 71.6 Å². The molecule has 17 aromatic carbocycles. The van der Waals surface area contributed by atoms with Crippen LogP contribution in [0.5, 0.6) is 23.0 Å². The van der Waals surface area contributed by atoms with Gasteiger partial charge >= 0.3 is 71.6 Å². The van der Waals surface area contributed by atoms with Gasteiger partial charge in [-0.05, 0) is 195 Å². The van der Waals surface area contributed by atoms with E-state index in [1.807, 2.05) is 206 Å². The Kier molecular flexibility index (Phi) is 26.1. The molecule has 29 heteroatoms. The molecule has 674 valence electrons. The number of methoxy groups -OCH3 is 2. The number of carbonyl (C=O) groups excluding carboxylic acids is 12. The van der Waals surface area contributed by atoms with Crippen molar-refractivity contribution in [3.05, 3.63) is 387 Å². The monoisotopic (exact) mass is 1970 g/mol. The van der Waals surface area contributed by atoms with Crippen LogP contribution in [0.15, 0.2) is 299 Å². The molecule has 6 aliphatic heterocycles. The first-order valence-corrected chi connectivity index (χ1v) is 45.7. The first-order chi connectivity index (χ1) is 66.2.